The number of amides is 1. The molecule has 0 spiro atoms. The molecule has 3 rings (SSSR count). The predicted octanol–water partition coefficient (Wildman–Crippen LogP) is 2.10. The van der Waals surface area contributed by atoms with Crippen LogP contribution in [-0.4, -0.2) is 28.4 Å². The molecule has 0 saturated carbocycles. The minimum atomic E-state index is -1.03. The number of rotatable bonds is 2. The van der Waals surface area contributed by atoms with Crippen molar-refractivity contribution in [1.29, 1.82) is 0 Å². The Balaban J connectivity index is 2.01. The van der Waals surface area contributed by atoms with Crippen LogP contribution >= 0.6 is 0 Å². The lowest BCUT2D eigenvalue weighted by atomic mass is 9.92. The third kappa shape index (κ3) is 1.97. The van der Waals surface area contributed by atoms with Gasteiger partial charge in [0.05, 0.1) is 6.26 Å². The topological polar surface area (TPSA) is 70.8 Å². The molecular weight excluding hydrogens is 258 g/mol. The fraction of sp³-hybridized carbons (Fsp3) is 0.200. The Morgan fingerprint density at radius 1 is 1.20 bits per heavy atom. The summed E-state index contributed by atoms with van der Waals surface area (Å²) in [6.07, 6.45) is 2.05. The Morgan fingerprint density at radius 2 is 2.00 bits per heavy atom. The Bertz CT molecular complexity index is 648. The van der Waals surface area contributed by atoms with Crippen LogP contribution in [0.15, 0.2) is 47.1 Å². The molecule has 20 heavy (non-hydrogen) atoms. The van der Waals surface area contributed by atoms with E-state index in [0.717, 1.165) is 5.56 Å². The first-order valence-corrected chi connectivity index (χ1v) is 6.33. The van der Waals surface area contributed by atoms with E-state index in [1.165, 1.54) is 11.2 Å². The highest BCUT2D eigenvalue weighted by molar-refractivity contribution is 5.95. The second kappa shape index (κ2) is 4.85. The maximum Gasteiger partial charge on any atom is 0.331 e. The number of hydrogen-bond donors (Lipinski definition) is 1. The zero-order valence-electron chi connectivity index (χ0n) is 10.7. The zero-order valence-corrected chi connectivity index (χ0v) is 10.7. The lowest BCUT2D eigenvalue weighted by Crippen LogP contribution is -2.43. The molecule has 2 heterocycles. The number of fused-ring (bicyclic) bond motifs is 1. The minimum Gasteiger partial charge on any atom is -0.479 e. The van der Waals surface area contributed by atoms with Gasteiger partial charge in [0.25, 0.3) is 5.91 Å². The van der Waals surface area contributed by atoms with Crippen LogP contribution in [0.3, 0.4) is 0 Å². The van der Waals surface area contributed by atoms with E-state index in [-0.39, 0.29) is 5.76 Å². The maximum atomic E-state index is 12.4. The normalized spacial score (nSPS) is 17.6. The molecule has 0 radical (unpaired) electrons. The number of hydrogen-bond acceptors (Lipinski definition) is 3. The average molecular weight is 271 g/mol. The maximum absolute atomic E-state index is 12.4. The summed E-state index contributed by atoms with van der Waals surface area (Å²) >= 11 is 0. The van der Waals surface area contributed by atoms with E-state index in [0.29, 0.717) is 18.5 Å². The highest BCUT2D eigenvalue weighted by Crippen LogP contribution is 2.31. The van der Waals surface area contributed by atoms with Crippen molar-refractivity contribution in [2.45, 2.75) is 12.5 Å². The third-order valence-corrected chi connectivity index (χ3v) is 3.51. The smallest absolute Gasteiger partial charge is 0.331 e. The highest BCUT2D eigenvalue weighted by atomic mass is 16.4. The van der Waals surface area contributed by atoms with Gasteiger partial charge in [-0.05, 0) is 29.7 Å². The fourth-order valence-corrected chi connectivity index (χ4v) is 2.59. The summed E-state index contributed by atoms with van der Waals surface area (Å²) in [4.78, 5) is 25.3. The summed E-state index contributed by atoms with van der Waals surface area (Å²) in [6, 6.07) is 9.52. The molecule has 1 unspecified atom stereocenters. The average Bonchev–Trinajstić information content (AvgIpc) is 2.99. The summed E-state index contributed by atoms with van der Waals surface area (Å²) in [6.45, 7) is 0.369. The number of carbonyl (C=O) groups is 2. The molecule has 1 amide bonds. The van der Waals surface area contributed by atoms with Crippen molar-refractivity contribution in [2.24, 2.45) is 0 Å². The van der Waals surface area contributed by atoms with E-state index >= 15 is 0 Å². The van der Waals surface area contributed by atoms with Gasteiger partial charge in [-0.3, -0.25) is 4.79 Å². The van der Waals surface area contributed by atoms with E-state index in [2.05, 4.69) is 0 Å². The molecule has 0 bridgehead atoms. The van der Waals surface area contributed by atoms with Gasteiger partial charge in [-0.25, -0.2) is 4.79 Å². The number of carboxylic acid groups (broad SMARTS) is 1. The van der Waals surface area contributed by atoms with E-state index in [9.17, 15) is 14.7 Å². The summed E-state index contributed by atoms with van der Waals surface area (Å²) in [5.41, 5.74) is 1.65. The molecule has 1 N–H and O–H groups in total. The standard InChI is InChI=1S/C15H13NO4/c17-14(12-6-3-9-20-12)16-8-7-10-4-1-2-5-11(10)13(16)15(18)19/h1-6,9,13H,7-8H2,(H,18,19). The van der Waals surface area contributed by atoms with Crippen LogP contribution in [0.4, 0.5) is 0 Å². The van der Waals surface area contributed by atoms with Gasteiger partial charge in [-0.1, -0.05) is 24.3 Å². The van der Waals surface area contributed by atoms with Gasteiger partial charge in [0, 0.05) is 6.54 Å². The van der Waals surface area contributed by atoms with Crippen molar-refractivity contribution in [3.63, 3.8) is 0 Å². The number of carbonyl (C=O) groups excluding carboxylic acids is 1. The Kier molecular flexibility index (Phi) is 3.02. The summed E-state index contributed by atoms with van der Waals surface area (Å²) in [5, 5.41) is 9.48. The molecule has 5 nitrogen and oxygen atoms in total. The van der Waals surface area contributed by atoms with Crippen molar-refractivity contribution < 1.29 is 19.1 Å². The molecule has 1 aliphatic rings. The molecule has 5 heteroatoms. The van der Waals surface area contributed by atoms with Gasteiger partial charge in [-0.15, -0.1) is 0 Å². The highest BCUT2D eigenvalue weighted by Gasteiger charge is 2.36. The number of aliphatic carboxylic acids is 1. The predicted molar refractivity (Wildman–Crippen MR) is 70.3 cm³/mol. The second-order valence-electron chi connectivity index (χ2n) is 4.67. The van der Waals surface area contributed by atoms with Crippen LogP contribution in [0.2, 0.25) is 0 Å². The largest absolute Gasteiger partial charge is 0.479 e. The van der Waals surface area contributed by atoms with Crippen LogP contribution in [0, 0.1) is 0 Å². The number of carboxylic acids is 1. The Morgan fingerprint density at radius 3 is 2.70 bits per heavy atom. The molecule has 1 aliphatic heterocycles. The van der Waals surface area contributed by atoms with Crippen molar-refractivity contribution in [3.8, 4) is 0 Å². The van der Waals surface area contributed by atoms with Crippen molar-refractivity contribution in [3.05, 3.63) is 59.5 Å². The van der Waals surface area contributed by atoms with E-state index < -0.39 is 17.9 Å². The first kappa shape index (κ1) is 12.5. The van der Waals surface area contributed by atoms with Gasteiger partial charge in [0.15, 0.2) is 11.8 Å². The SMILES string of the molecule is O=C(O)C1c2ccccc2CCN1C(=O)c1ccco1. The van der Waals surface area contributed by atoms with Crippen LogP contribution in [-0.2, 0) is 11.2 Å². The molecular formula is C15H13NO4. The first-order valence-electron chi connectivity index (χ1n) is 6.33. The zero-order chi connectivity index (χ0) is 14.1. The molecule has 1 aromatic carbocycles. The molecule has 102 valence electrons. The quantitative estimate of drug-likeness (QED) is 0.908. The van der Waals surface area contributed by atoms with Crippen LogP contribution in [0.5, 0.6) is 0 Å². The molecule has 1 aromatic heterocycles. The van der Waals surface area contributed by atoms with Crippen molar-refractivity contribution >= 4 is 11.9 Å². The first-order chi connectivity index (χ1) is 9.68. The van der Waals surface area contributed by atoms with Crippen molar-refractivity contribution in [2.75, 3.05) is 6.54 Å². The molecule has 2 aromatic rings. The number of benzene rings is 1. The fourth-order valence-electron chi connectivity index (χ4n) is 2.59. The summed E-state index contributed by atoms with van der Waals surface area (Å²) in [5.74, 6) is -1.26. The molecule has 0 saturated heterocycles. The van der Waals surface area contributed by atoms with Crippen LogP contribution < -0.4 is 0 Å². The second-order valence-corrected chi connectivity index (χ2v) is 4.67. The molecule has 0 fully saturated rings. The van der Waals surface area contributed by atoms with Crippen LogP contribution in [0.1, 0.15) is 27.7 Å². The van der Waals surface area contributed by atoms with Gasteiger partial charge in [-0.2, -0.15) is 0 Å². The van der Waals surface area contributed by atoms with Gasteiger partial charge in [0.2, 0.25) is 0 Å². The summed E-state index contributed by atoms with van der Waals surface area (Å²) in [7, 11) is 0. The Labute approximate surface area is 115 Å². The van der Waals surface area contributed by atoms with Crippen LogP contribution in [0.25, 0.3) is 0 Å². The Hall–Kier alpha value is -2.56. The lowest BCUT2D eigenvalue weighted by molar-refractivity contribution is -0.143. The van der Waals surface area contributed by atoms with Gasteiger partial charge < -0.3 is 14.4 Å². The summed E-state index contributed by atoms with van der Waals surface area (Å²) < 4.78 is 5.08. The van der Waals surface area contributed by atoms with E-state index in [1.807, 2.05) is 12.1 Å². The van der Waals surface area contributed by atoms with Gasteiger partial charge in [0.1, 0.15) is 0 Å². The van der Waals surface area contributed by atoms with Gasteiger partial charge >= 0.3 is 5.97 Å². The number of furan rings is 1. The monoisotopic (exact) mass is 271 g/mol. The molecule has 0 aliphatic carbocycles. The minimum absolute atomic E-state index is 0.163. The molecule has 1 atom stereocenters. The third-order valence-electron chi connectivity index (χ3n) is 3.51. The lowest BCUT2D eigenvalue weighted by Gasteiger charge is -2.34. The number of nitrogens with zero attached hydrogens (tertiary/aromatic N) is 1. The van der Waals surface area contributed by atoms with E-state index in [1.54, 1.807) is 24.3 Å². The van der Waals surface area contributed by atoms with Crippen molar-refractivity contribution in [1.82, 2.24) is 4.90 Å². The van der Waals surface area contributed by atoms with E-state index in [4.69, 9.17) is 4.42 Å².